The van der Waals surface area contributed by atoms with Gasteiger partial charge in [0.25, 0.3) is 0 Å². The average Bonchev–Trinajstić information content (AvgIpc) is 3.14. The largest absolute Gasteiger partial charge is 0.348 e. The van der Waals surface area contributed by atoms with Gasteiger partial charge >= 0.3 is 0 Å². The third-order valence-electron chi connectivity index (χ3n) is 3.11. The van der Waals surface area contributed by atoms with Crippen molar-refractivity contribution in [3.63, 3.8) is 0 Å². The average molecular weight is 268 g/mol. The Morgan fingerprint density at radius 2 is 2.00 bits per heavy atom. The Kier molecular flexibility index (Phi) is 3.45. The molecule has 6 nitrogen and oxygen atoms in total. The maximum atomic E-state index is 4.25. The van der Waals surface area contributed by atoms with Crippen molar-refractivity contribution in [2.24, 2.45) is 0 Å². The first kappa shape index (κ1) is 12.4. The van der Waals surface area contributed by atoms with Gasteiger partial charge in [0.15, 0.2) is 0 Å². The fourth-order valence-corrected chi connectivity index (χ4v) is 2.10. The van der Waals surface area contributed by atoms with Crippen LogP contribution in [0, 0.1) is 0 Å². The number of para-hydroxylation sites is 1. The number of benzene rings is 1. The van der Waals surface area contributed by atoms with Gasteiger partial charge in [-0.25, -0.2) is 0 Å². The highest BCUT2D eigenvalue weighted by Gasteiger charge is 2.07. The summed E-state index contributed by atoms with van der Waals surface area (Å²) in [6, 6.07) is 12.0. The summed E-state index contributed by atoms with van der Waals surface area (Å²) in [5, 5.41) is 15.6. The molecule has 2 aromatic heterocycles. The lowest BCUT2D eigenvalue weighted by Crippen LogP contribution is -2.10. The van der Waals surface area contributed by atoms with Crippen LogP contribution in [0.3, 0.4) is 0 Å². The molecule has 0 spiro atoms. The number of aryl methyl sites for hydroxylation is 1. The van der Waals surface area contributed by atoms with Crippen molar-refractivity contribution in [1.29, 1.82) is 0 Å². The highest BCUT2D eigenvalue weighted by atomic mass is 15.3. The SMILES string of the molecule is CCn1nccc1CNc1nncn1-c1ccccc1. The summed E-state index contributed by atoms with van der Waals surface area (Å²) in [7, 11) is 0. The Hall–Kier alpha value is -2.63. The third kappa shape index (κ3) is 2.40. The van der Waals surface area contributed by atoms with E-state index in [4.69, 9.17) is 0 Å². The van der Waals surface area contributed by atoms with Gasteiger partial charge in [-0.2, -0.15) is 5.10 Å². The van der Waals surface area contributed by atoms with Crippen molar-refractivity contribution < 1.29 is 0 Å². The van der Waals surface area contributed by atoms with Crippen LogP contribution in [-0.2, 0) is 13.1 Å². The lowest BCUT2D eigenvalue weighted by atomic mass is 10.3. The van der Waals surface area contributed by atoms with Gasteiger partial charge in [0.1, 0.15) is 6.33 Å². The molecular formula is C14H16N6. The van der Waals surface area contributed by atoms with E-state index in [0.29, 0.717) is 6.54 Å². The summed E-state index contributed by atoms with van der Waals surface area (Å²) in [6.45, 7) is 3.59. The molecule has 0 saturated heterocycles. The zero-order valence-electron chi connectivity index (χ0n) is 11.3. The lowest BCUT2D eigenvalue weighted by molar-refractivity contribution is 0.627. The standard InChI is InChI=1S/C14H16N6/c1-2-20-13(8-9-17-20)10-15-14-18-16-11-19(14)12-6-4-3-5-7-12/h3-9,11H,2,10H2,1H3,(H,15,18). The van der Waals surface area contributed by atoms with E-state index in [-0.39, 0.29) is 0 Å². The number of rotatable bonds is 5. The summed E-state index contributed by atoms with van der Waals surface area (Å²) in [5.74, 6) is 0.722. The monoisotopic (exact) mass is 268 g/mol. The number of nitrogens with zero attached hydrogens (tertiary/aromatic N) is 5. The summed E-state index contributed by atoms with van der Waals surface area (Å²) in [6.07, 6.45) is 3.51. The Morgan fingerprint density at radius 3 is 2.80 bits per heavy atom. The van der Waals surface area contributed by atoms with Crippen LogP contribution in [0.4, 0.5) is 5.95 Å². The van der Waals surface area contributed by atoms with Gasteiger partial charge in [0.05, 0.1) is 17.9 Å². The number of hydrogen-bond donors (Lipinski definition) is 1. The second kappa shape index (κ2) is 5.56. The van der Waals surface area contributed by atoms with Crippen molar-refractivity contribution in [1.82, 2.24) is 24.5 Å². The minimum Gasteiger partial charge on any atom is -0.348 e. The molecule has 2 heterocycles. The first-order valence-electron chi connectivity index (χ1n) is 6.58. The smallest absolute Gasteiger partial charge is 0.229 e. The quantitative estimate of drug-likeness (QED) is 0.769. The molecule has 0 atom stereocenters. The van der Waals surface area contributed by atoms with E-state index in [9.17, 15) is 0 Å². The fraction of sp³-hybridized carbons (Fsp3) is 0.214. The molecule has 1 N–H and O–H groups in total. The maximum Gasteiger partial charge on any atom is 0.229 e. The van der Waals surface area contributed by atoms with Gasteiger partial charge in [0, 0.05) is 12.7 Å². The molecule has 0 unspecified atom stereocenters. The minimum atomic E-state index is 0.666. The molecule has 1 aromatic carbocycles. The Labute approximate surface area is 117 Å². The van der Waals surface area contributed by atoms with Gasteiger partial charge in [-0.05, 0) is 25.1 Å². The molecule has 6 heteroatoms. The highest BCUT2D eigenvalue weighted by Crippen LogP contribution is 2.13. The first-order valence-corrected chi connectivity index (χ1v) is 6.58. The van der Waals surface area contributed by atoms with Gasteiger partial charge in [0.2, 0.25) is 5.95 Å². The van der Waals surface area contributed by atoms with Crippen LogP contribution in [0.15, 0.2) is 48.9 Å². The van der Waals surface area contributed by atoms with Crippen LogP contribution in [0.5, 0.6) is 0 Å². The molecule has 3 rings (SSSR count). The normalized spacial score (nSPS) is 10.7. The van der Waals surface area contributed by atoms with E-state index in [1.807, 2.05) is 51.8 Å². The number of aromatic nitrogens is 5. The minimum absolute atomic E-state index is 0.666. The zero-order chi connectivity index (χ0) is 13.8. The summed E-state index contributed by atoms with van der Waals surface area (Å²) in [5.41, 5.74) is 2.15. The van der Waals surface area contributed by atoms with Crippen molar-refractivity contribution in [3.05, 3.63) is 54.6 Å². The number of hydrogen-bond acceptors (Lipinski definition) is 4. The molecule has 0 bridgehead atoms. The summed E-state index contributed by atoms with van der Waals surface area (Å²) >= 11 is 0. The summed E-state index contributed by atoms with van der Waals surface area (Å²) in [4.78, 5) is 0. The Balaban J connectivity index is 1.78. The molecular weight excluding hydrogens is 252 g/mol. The molecule has 0 aliphatic carbocycles. The fourth-order valence-electron chi connectivity index (χ4n) is 2.10. The van der Waals surface area contributed by atoms with Crippen LogP contribution in [0.1, 0.15) is 12.6 Å². The molecule has 3 aromatic rings. The maximum absolute atomic E-state index is 4.25. The summed E-state index contributed by atoms with van der Waals surface area (Å²) < 4.78 is 3.88. The van der Waals surface area contributed by atoms with Gasteiger partial charge < -0.3 is 5.32 Å². The molecule has 0 aliphatic heterocycles. The van der Waals surface area contributed by atoms with Gasteiger partial charge in [-0.15, -0.1) is 10.2 Å². The predicted molar refractivity (Wildman–Crippen MR) is 76.6 cm³/mol. The van der Waals surface area contributed by atoms with Crippen LogP contribution in [0.25, 0.3) is 5.69 Å². The van der Waals surface area contributed by atoms with E-state index in [1.165, 1.54) is 0 Å². The van der Waals surface area contributed by atoms with Crippen LogP contribution >= 0.6 is 0 Å². The highest BCUT2D eigenvalue weighted by molar-refractivity contribution is 5.40. The topological polar surface area (TPSA) is 60.6 Å². The second-order valence-corrected chi connectivity index (χ2v) is 4.35. The van der Waals surface area contributed by atoms with Crippen LogP contribution < -0.4 is 5.32 Å². The van der Waals surface area contributed by atoms with Crippen molar-refractivity contribution in [2.75, 3.05) is 5.32 Å². The zero-order valence-corrected chi connectivity index (χ0v) is 11.3. The molecule has 0 aliphatic rings. The van der Waals surface area contributed by atoms with Crippen molar-refractivity contribution in [3.8, 4) is 5.69 Å². The van der Waals surface area contributed by atoms with Crippen LogP contribution in [0.2, 0.25) is 0 Å². The third-order valence-corrected chi connectivity index (χ3v) is 3.11. The molecule has 0 saturated carbocycles. The van der Waals surface area contributed by atoms with E-state index < -0.39 is 0 Å². The molecule has 102 valence electrons. The lowest BCUT2D eigenvalue weighted by Gasteiger charge is -2.09. The van der Waals surface area contributed by atoms with E-state index in [2.05, 4.69) is 27.5 Å². The van der Waals surface area contributed by atoms with Gasteiger partial charge in [-0.3, -0.25) is 9.25 Å². The number of nitrogens with one attached hydrogen (secondary N) is 1. The van der Waals surface area contributed by atoms with E-state index >= 15 is 0 Å². The Bertz CT molecular complexity index is 670. The van der Waals surface area contributed by atoms with E-state index in [1.54, 1.807) is 6.33 Å². The first-order chi connectivity index (χ1) is 9.88. The number of anilines is 1. The van der Waals surface area contributed by atoms with Crippen molar-refractivity contribution in [2.45, 2.75) is 20.0 Å². The second-order valence-electron chi connectivity index (χ2n) is 4.35. The molecule has 0 amide bonds. The van der Waals surface area contributed by atoms with Crippen molar-refractivity contribution >= 4 is 5.95 Å². The van der Waals surface area contributed by atoms with Crippen LogP contribution in [-0.4, -0.2) is 24.5 Å². The molecule has 20 heavy (non-hydrogen) atoms. The molecule has 0 radical (unpaired) electrons. The predicted octanol–water partition coefficient (Wildman–Crippen LogP) is 2.10. The Morgan fingerprint density at radius 1 is 1.15 bits per heavy atom. The van der Waals surface area contributed by atoms with Gasteiger partial charge in [-0.1, -0.05) is 18.2 Å². The van der Waals surface area contributed by atoms with E-state index in [0.717, 1.165) is 23.9 Å². The molecule has 0 fully saturated rings.